The predicted molar refractivity (Wildman–Crippen MR) is 105 cm³/mol. The Morgan fingerprint density at radius 3 is 2.79 bits per heavy atom. The molecule has 0 radical (unpaired) electrons. The number of nitrogens with one attached hydrogen (secondary N) is 1. The number of oxazole rings is 1. The fourth-order valence-corrected chi connectivity index (χ4v) is 3.85. The van der Waals surface area contributed by atoms with E-state index in [1.165, 1.54) is 16.9 Å². The van der Waals surface area contributed by atoms with Gasteiger partial charge in [-0.2, -0.15) is 5.26 Å². The van der Waals surface area contributed by atoms with Gasteiger partial charge < -0.3 is 4.42 Å². The van der Waals surface area contributed by atoms with E-state index in [-0.39, 0.29) is 11.8 Å². The number of hydrogen-bond acceptors (Lipinski definition) is 7. The number of aromatic nitrogens is 2. The molecule has 0 fully saturated rings. The average Bonchev–Trinajstić information content (AvgIpc) is 3.25. The summed E-state index contributed by atoms with van der Waals surface area (Å²) in [6.45, 7) is 4.36. The summed E-state index contributed by atoms with van der Waals surface area (Å²) < 4.78 is 5.75. The van der Waals surface area contributed by atoms with Crippen molar-refractivity contribution in [1.82, 2.24) is 14.9 Å². The zero-order valence-corrected chi connectivity index (χ0v) is 16.3. The fourth-order valence-electron chi connectivity index (χ4n) is 3.17. The van der Waals surface area contributed by atoms with Crippen LogP contribution in [0.4, 0.5) is 5.13 Å². The lowest BCUT2D eigenvalue weighted by atomic mass is 10.1. The van der Waals surface area contributed by atoms with Gasteiger partial charge in [0.25, 0.3) is 5.89 Å². The number of anilines is 1. The predicted octanol–water partition coefficient (Wildman–Crippen LogP) is 3.16. The molecule has 4 rings (SSSR count). The van der Waals surface area contributed by atoms with Gasteiger partial charge in [0, 0.05) is 37.9 Å². The van der Waals surface area contributed by atoms with Crippen LogP contribution in [0, 0.1) is 18.3 Å². The van der Waals surface area contributed by atoms with Gasteiger partial charge in [0.15, 0.2) is 5.13 Å². The number of hydrogen-bond donors (Lipinski definition) is 1. The molecular weight excluding hydrogens is 374 g/mol. The SMILES string of the molecule is Cc1csc(NC(=O)c2nc3c(o2)CCN(Cc2ccc(C#N)cc2)CC3)n1. The minimum atomic E-state index is -0.364. The number of aryl methyl sites for hydroxylation is 1. The highest BCUT2D eigenvalue weighted by atomic mass is 32.1. The normalized spacial score (nSPS) is 14.1. The standard InChI is InChI=1S/C20H19N5O2S/c1-13-12-28-20(22-13)24-18(26)19-23-16-6-8-25(9-7-17(16)27-19)11-15-4-2-14(10-21)3-5-15/h2-5,12H,6-9,11H2,1H3,(H,22,24,26). The Morgan fingerprint density at radius 2 is 2.07 bits per heavy atom. The zero-order valence-electron chi connectivity index (χ0n) is 15.4. The molecule has 0 aliphatic carbocycles. The van der Waals surface area contributed by atoms with Crippen LogP contribution in [0.3, 0.4) is 0 Å². The van der Waals surface area contributed by atoms with Gasteiger partial charge in [0.1, 0.15) is 5.76 Å². The summed E-state index contributed by atoms with van der Waals surface area (Å²) in [5.74, 6) is 0.512. The van der Waals surface area contributed by atoms with Crippen molar-refractivity contribution in [2.75, 3.05) is 18.4 Å². The summed E-state index contributed by atoms with van der Waals surface area (Å²) in [6, 6.07) is 9.79. The Morgan fingerprint density at radius 1 is 1.29 bits per heavy atom. The van der Waals surface area contributed by atoms with Crippen molar-refractivity contribution in [2.45, 2.75) is 26.3 Å². The van der Waals surface area contributed by atoms with E-state index < -0.39 is 0 Å². The van der Waals surface area contributed by atoms with Crippen molar-refractivity contribution in [1.29, 1.82) is 5.26 Å². The van der Waals surface area contributed by atoms with E-state index in [0.29, 0.717) is 17.1 Å². The van der Waals surface area contributed by atoms with Gasteiger partial charge in [0.05, 0.1) is 23.0 Å². The second kappa shape index (κ2) is 7.92. The molecule has 3 aromatic rings. The summed E-state index contributed by atoms with van der Waals surface area (Å²) in [5.41, 5.74) is 3.56. The molecule has 2 aromatic heterocycles. The van der Waals surface area contributed by atoms with Gasteiger partial charge in [-0.1, -0.05) is 12.1 Å². The first-order chi connectivity index (χ1) is 13.6. The van der Waals surface area contributed by atoms with Crippen LogP contribution in [0.2, 0.25) is 0 Å². The molecule has 0 spiro atoms. The maximum atomic E-state index is 12.4. The molecule has 0 bridgehead atoms. The van der Waals surface area contributed by atoms with E-state index in [2.05, 4.69) is 26.3 Å². The molecule has 0 saturated heterocycles. The van der Waals surface area contributed by atoms with E-state index in [9.17, 15) is 4.79 Å². The molecule has 1 N–H and O–H groups in total. The number of amides is 1. The van der Waals surface area contributed by atoms with Crippen LogP contribution in [-0.2, 0) is 19.4 Å². The van der Waals surface area contributed by atoms with Gasteiger partial charge >= 0.3 is 5.91 Å². The van der Waals surface area contributed by atoms with Crippen LogP contribution >= 0.6 is 11.3 Å². The number of nitrogens with zero attached hydrogens (tertiary/aromatic N) is 4. The number of benzene rings is 1. The van der Waals surface area contributed by atoms with E-state index in [0.717, 1.165) is 43.2 Å². The molecule has 142 valence electrons. The van der Waals surface area contributed by atoms with Crippen LogP contribution in [0.25, 0.3) is 0 Å². The number of rotatable bonds is 4. The fraction of sp³-hybridized carbons (Fsp3) is 0.300. The first-order valence-electron chi connectivity index (χ1n) is 9.04. The number of fused-ring (bicyclic) bond motifs is 1. The van der Waals surface area contributed by atoms with Crippen LogP contribution in [-0.4, -0.2) is 33.9 Å². The summed E-state index contributed by atoms with van der Waals surface area (Å²) in [5, 5.41) is 14.1. The summed E-state index contributed by atoms with van der Waals surface area (Å²) in [4.78, 5) is 23.3. The third-order valence-corrected chi connectivity index (χ3v) is 5.50. The monoisotopic (exact) mass is 393 g/mol. The lowest BCUT2D eigenvalue weighted by Crippen LogP contribution is -2.26. The maximum Gasteiger partial charge on any atom is 0.313 e. The smallest absolute Gasteiger partial charge is 0.313 e. The second-order valence-electron chi connectivity index (χ2n) is 6.72. The molecule has 28 heavy (non-hydrogen) atoms. The number of thiazole rings is 1. The zero-order chi connectivity index (χ0) is 19.5. The average molecular weight is 393 g/mol. The molecular formula is C20H19N5O2S. The summed E-state index contributed by atoms with van der Waals surface area (Å²) in [7, 11) is 0. The minimum absolute atomic E-state index is 0.0957. The second-order valence-corrected chi connectivity index (χ2v) is 7.58. The molecule has 3 heterocycles. The first kappa shape index (κ1) is 18.3. The number of carbonyl (C=O) groups is 1. The molecule has 1 amide bonds. The van der Waals surface area contributed by atoms with Crippen molar-refractivity contribution in [3.05, 3.63) is 63.8 Å². The third kappa shape index (κ3) is 4.11. The minimum Gasteiger partial charge on any atom is -0.437 e. The van der Waals surface area contributed by atoms with Crippen molar-refractivity contribution >= 4 is 22.4 Å². The third-order valence-electron chi connectivity index (χ3n) is 4.62. The highest BCUT2D eigenvalue weighted by Crippen LogP contribution is 2.20. The van der Waals surface area contributed by atoms with Crippen molar-refractivity contribution < 1.29 is 9.21 Å². The Hall–Kier alpha value is -3.02. The molecule has 1 aliphatic heterocycles. The van der Waals surface area contributed by atoms with Gasteiger partial charge in [-0.05, 0) is 24.6 Å². The lowest BCUT2D eigenvalue weighted by Gasteiger charge is -2.19. The molecule has 1 aliphatic rings. The van der Waals surface area contributed by atoms with E-state index in [1.54, 1.807) is 0 Å². The largest absolute Gasteiger partial charge is 0.437 e. The highest BCUT2D eigenvalue weighted by molar-refractivity contribution is 7.13. The van der Waals surface area contributed by atoms with Crippen LogP contribution in [0.1, 0.15) is 39.0 Å². The number of nitriles is 1. The molecule has 1 aromatic carbocycles. The van der Waals surface area contributed by atoms with Crippen molar-refractivity contribution in [3.8, 4) is 6.07 Å². The Kier molecular flexibility index (Phi) is 5.19. The summed E-state index contributed by atoms with van der Waals surface area (Å²) in [6.07, 6.45) is 1.45. The Labute approximate surface area is 166 Å². The van der Waals surface area contributed by atoms with Crippen molar-refractivity contribution in [2.24, 2.45) is 0 Å². The Bertz CT molecular complexity index is 1010. The lowest BCUT2D eigenvalue weighted by molar-refractivity contribution is 0.0988. The van der Waals surface area contributed by atoms with E-state index >= 15 is 0 Å². The van der Waals surface area contributed by atoms with Crippen LogP contribution < -0.4 is 5.32 Å². The topological polar surface area (TPSA) is 95.0 Å². The molecule has 0 atom stereocenters. The van der Waals surface area contributed by atoms with Crippen LogP contribution in [0.5, 0.6) is 0 Å². The molecule has 8 heteroatoms. The Balaban J connectivity index is 1.38. The highest BCUT2D eigenvalue weighted by Gasteiger charge is 2.23. The molecule has 0 saturated carbocycles. The van der Waals surface area contributed by atoms with E-state index in [1.807, 2.05) is 36.6 Å². The van der Waals surface area contributed by atoms with E-state index in [4.69, 9.17) is 9.68 Å². The van der Waals surface area contributed by atoms with Gasteiger partial charge in [-0.25, -0.2) is 9.97 Å². The maximum absolute atomic E-state index is 12.4. The number of carbonyl (C=O) groups excluding carboxylic acids is 1. The first-order valence-corrected chi connectivity index (χ1v) is 9.92. The van der Waals surface area contributed by atoms with Gasteiger partial charge in [-0.3, -0.25) is 15.0 Å². The quantitative estimate of drug-likeness (QED) is 0.732. The van der Waals surface area contributed by atoms with Gasteiger partial charge in [0.2, 0.25) is 0 Å². The van der Waals surface area contributed by atoms with Gasteiger partial charge in [-0.15, -0.1) is 11.3 Å². The van der Waals surface area contributed by atoms with Crippen molar-refractivity contribution in [3.63, 3.8) is 0 Å². The molecule has 7 nitrogen and oxygen atoms in total. The van der Waals surface area contributed by atoms with Crippen LogP contribution in [0.15, 0.2) is 34.1 Å². The summed E-state index contributed by atoms with van der Waals surface area (Å²) >= 11 is 1.38. The molecule has 0 unspecified atom stereocenters.